The number of likely N-dealkylation sites (N-methyl/N-ethyl adjacent to an activating group) is 1. The van der Waals surface area contributed by atoms with Gasteiger partial charge in [0.1, 0.15) is 5.69 Å². The van der Waals surface area contributed by atoms with Crippen LogP contribution >= 0.6 is 11.6 Å². The molecule has 0 spiro atoms. The smallest absolute Gasteiger partial charge is 0.270 e. The van der Waals surface area contributed by atoms with Gasteiger partial charge in [-0.05, 0) is 12.1 Å². The summed E-state index contributed by atoms with van der Waals surface area (Å²) >= 11 is 5.68. The van der Waals surface area contributed by atoms with Crippen LogP contribution in [0.25, 0.3) is 0 Å². The van der Waals surface area contributed by atoms with Crippen molar-refractivity contribution in [1.29, 1.82) is 0 Å². The fourth-order valence-corrected chi connectivity index (χ4v) is 1.03. The SMILES string of the molecule is CNC(=O)CNC(=O)c1cc(Cl)ccn1. The van der Waals surface area contributed by atoms with Crippen molar-refractivity contribution in [3.8, 4) is 0 Å². The van der Waals surface area contributed by atoms with E-state index in [-0.39, 0.29) is 18.1 Å². The molecule has 80 valence electrons. The van der Waals surface area contributed by atoms with Crippen LogP contribution < -0.4 is 10.6 Å². The molecule has 1 heterocycles. The summed E-state index contributed by atoms with van der Waals surface area (Å²) < 4.78 is 0. The number of carbonyl (C=O) groups excluding carboxylic acids is 2. The van der Waals surface area contributed by atoms with Crippen LogP contribution in [0.4, 0.5) is 0 Å². The third-order valence-electron chi connectivity index (χ3n) is 1.64. The number of nitrogens with one attached hydrogen (secondary N) is 2. The molecule has 0 bridgehead atoms. The van der Waals surface area contributed by atoms with Crippen LogP contribution in [0.15, 0.2) is 18.3 Å². The summed E-state index contributed by atoms with van der Waals surface area (Å²) in [7, 11) is 1.49. The van der Waals surface area contributed by atoms with Gasteiger partial charge < -0.3 is 10.6 Å². The number of hydrogen-bond donors (Lipinski definition) is 2. The van der Waals surface area contributed by atoms with E-state index < -0.39 is 5.91 Å². The van der Waals surface area contributed by atoms with Gasteiger partial charge in [-0.25, -0.2) is 0 Å². The Balaban J connectivity index is 2.58. The number of carbonyl (C=O) groups is 2. The summed E-state index contributed by atoms with van der Waals surface area (Å²) in [5, 5.41) is 5.21. The summed E-state index contributed by atoms with van der Waals surface area (Å²) in [6.07, 6.45) is 1.43. The number of halogens is 1. The second-order valence-corrected chi connectivity index (χ2v) is 3.15. The Labute approximate surface area is 91.8 Å². The number of amides is 2. The molecule has 0 fully saturated rings. The number of rotatable bonds is 3. The first-order chi connectivity index (χ1) is 7.13. The number of aromatic nitrogens is 1. The van der Waals surface area contributed by atoms with Gasteiger partial charge >= 0.3 is 0 Å². The first-order valence-corrected chi connectivity index (χ1v) is 4.61. The van der Waals surface area contributed by atoms with E-state index in [1.807, 2.05) is 0 Å². The maximum Gasteiger partial charge on any atom is 0.270 e. The van der Waals surface area contributed by atoms with Crippen LogP contribution in [-0.4, -0.2) is 30.4 Å². The summed E-state index contributed by atoms with van der Waals surface area (Å²) in [5.74, 6) is -0.702. The lowest BCUT2D eigenvalue weighted by Crippen LogP contribution is -2.35. The van der Waals surface area contributed by atoms with Gasteiger partial charge in [-0.1, -0.05) is 11.6 Å². The molecule has 2 amide bonds. The van der Waals surface area contributed by atoms with Crippen molar-refractivity contribution in [2.24, 2.45) is 0 Å². The van der Waals surface area contributed by atoms with Crippen LogP contribution in [0.2, 0.25) is 5.02 Å². The lowest BCUT2D eigenvalue weighted by molar-refractivity contribution is -0.119. The van der Waals surface area contributed by atoms with Crippen molar-refractivity contribution in [3.05, 3.63) is 29.0 Å². The average molecular weight is 228 g/mol. The van der Waals surface area contributed by atoms with E-state index in [9.17, 15) is 9.59 Å². The molecular formula is C9H10ClN3O2. The minimum absolute atomic E-state index is 0.0798. The Kier molecular flexibility index (Phi) is 4.05. The molecule has 15 heavy (non-hydrogen) atoms. The number of nitrogens with zero attached hydrogens (tertiary/aromatic N) is 1. The van der Waals surface area contributed by atoms with Crippen molar-refractivity contribution in [2.45, 2.75) is 0 Å². The summed E-state index contributed by atoms with van der Waals surface area (Å²) in [5.41, 5.74) is 0.186. The maximum atomic E-state index is 11.4. The van der Waals surface area contributed by atoms with Gasteiger partial charge in [-0.3, -0.25) is 14.6 Å². The normalized spacial score (nSPS) is 9.47. The molecule has 0 unspecified atom stereocenters. The lowest BCUT2D eigenvalue weighted by Gasteiger charge is -2.03. The van der Waals surface area contributed by atoms with E-state index in [4.69, 9.17) is 11.6 Å². The van der Waals surface area contributed by atoms with E-state index in [1.165, 1.54) is 19.3 Å². The van der Waals surface area contributed by atoms with Gasteiger partial charge in [0.2, 0.25) is 5.91 Å². The predicted octanol–water partition coefficient (Wildman–Crippen LogP) is 0.211. The molecule has 2 N–H and O–H groups in total. The Hall–Kier alpha value is -1.62. The molecule has 0 saturated carbocycles. The second kappa shape index (κ2) is 5.31. The molecular weight excluding hydrogens is 218 g/mol. The quantitative estimate of drug-likeness (QED) is 0.776. The lowest BCUT2D eigenvalue weighted by atomic mass is 10.3. The minimum Gasteiger partial charge on any atom is -0.358 e. The van der Waals surface area contributed by atoms with E-state index >= 15 is 0 Å². The molecule has 0 saturated heterocycles. The third kappa shape index (κ3) is 3.55. The van der Waals surface area contributed by atoms with E-state index in [2.05, 4.69) is 15.6 Å². The first kappa shape index (κ1) is 11.5. The van der Waals surface area contributed by atoms with E-state index in [0.717, 1.165) is 0 Å². The highest BCUT2D eigenvalue weighted by Gasteiger charge is 2.08. The van der Waals surface area contributed by atoms with Crippen LogP contribution in [-0.2, 0) is 4.79 Å². The zero-order chi connectivity index (χ0) is 11.3. The van der Waals surface area contributed by atoms with E-state index in [1.54, 1.807) is 6.07 Å². The van der Waals surface area contributed by atoms with Crippen molar-refractivity contribution in [2.75, 3.05) is 13.6 Å². The van der Waals surface area contributed by atoms with Crippen LogP contribution in [0.5, 0.6) is 0 Å². The van der Waals surface area contributed by atoms with Gasteiger partial charge in [0.15, 0.2) is 0 Å². The molecule has 5 nitrogen and oxygen atoms in total. The molecule has 6 heteroatoms. The highest BCUT2D eigenvalue weighted by Crippen LogP contribution is 2.07. The Morgan fingerprint density at radius 1 is 1.53 bits per heavy atom. The molecule has 0 atom stereocenters. The van der Waals surface area contributed by atoms with Crippen molar-refractivity contribution < 1.29 is 9.59 Å². The first-order valence-electron chi connectivity index (χ1n) is 4.24. The summed E-state index contributed by atoms with van der Waals surface area (Å²) in [6, 6.07) is 3.00. The second-order valence-electron chi connectivity index (χ2n) is 2.72. The van der Waals surface area contributed by atoms with Crippen LogP contribution in [0.1, 0.15) is 10.5 Å². The standard InChI is InChI=1S/C9H10ClN3O2/c1-11-8(14)5-13-9(15)7-4-6(10)2-3-12-7/h2-4H,5H2,1H3,(H,11,14)(H,13,15). The van der Waals surface area contributed by atoms with Crippen molar-refractivity contribution >= 4 is 23.4 Å². The highest BCUT2D eigenvalue weighted by molar-refractivity contribution is 6.30. The monoisotopic (exact) mass is 227 g/mol. The molecule has 0 aliphatic carbocycles. The number of hydrogen-bond acceptors (Lipinski definition) is 3. The topological polar surface area (TPSA) is 71.1 Å². The maximum absolute atomic E-state index is 11.4. The zero-order valence-corrected chi connectivity index (χ0v) is 8.84. The molecule has 1 rings (SSSR count). The van der Waals surface area contributed by atoms with Crippen LogP contribution in [0.3, 0.4) is 0 Å². The number of pyridine rings is 1. The molecule has 0 aliphatic heterocycles. The van der Waals surface area contributed by atoms with Gasteiger partial charge in [0.25, 0.3) is 5.91 Å². The van der Waals surface area contributed by atoms with Gasteiger partial charge in [-0.15, -0.1) is 0 Å². The fraction of sp³-hybridized carbons (Fsp3) is 0.222. The largest absolute Gasteiger partial charge is 0.358 e. The Morgan fingerprint density at radius 2 is 2.27 bits per heavy atom. The van der Waals surface area contributed by atoms with Gasteiger partial charge in [0.05, 0.1) is 6.54 Å². The fourth-order valence-electron chi connectivity index (χ4n) is 0.868. The third-order valence-corrected chi connectivity index (χ3v) is 1.88. The van der Waals surface area contributed by atoms with Gasteiger partial charge in [-0.2, -0.15) is 0 Å². The summed E-state index contributed by atoms with van der Waals surface area (Å²) in [4.78, 5) is 26.1. The Bertz CT molecular complexity index is 381. The average Bonchev–Trinajstić information content (AvgIpc) is 2.25. The molecule has 1 aromatic rings. The zero-order valence-electron chi connectivity index (χ0n) is 8.08. The van der Waals surface area contributed by atoms with Crippen LogP contribution in [0, 0.1) is 0 Å². The Morgan fingerprint density at radius 3 is 2.87 bits per heavy atom. The van der Waals surface area contributed by atoms with E-state index in [0.29, 0.717) is 5.02 Å². The molecule has 0 aromatic carbocycles. The minimum atomic E-state index is -0.430. The van der Waals surface area contributed by atoms with Gasteiger partial charge in [0, 0.05) is 18.3 Å². The van der Waals surface area contributed by atoms with Crippen molar-refractivity contribution in [1.82, 2.24) is 15.6 Å². The highest BCUT2D eigenvalue weighted by atomic mass is 35.5. The summed E-state index contributed by atoms with van der Waals surface area (Å²) in [6.45, 7) is -0.0798. The van der Waals surface area contributed by atoms with Crippen molar-refractivity contribution in [3.63, 3.8) is 0 Å². The molecule has 0 radical (unpaired) electrons. The predicted molar refractivity (Wildman–Crippen MR) is 55.6 cm³/mol. The molecule has 0 aliphatic rings. The molecule has 1 aromatic heterocycles.